The fourth-order valence-electron chi connectivity index (χ4n) is 7.16. The molecule has 9 nitrogen and oxygen atoms in total. The Kier molecular flexibility index (Phi) is 8.77. The molecule has 2 aromatic carbocycles. The molecule has 2 heterocycles. The predicted molar refractivity (Wildman–Crippen MR) is 163 cm³/mol. The van der Waals surface area contributed by atoms with Crippen LogP contribution < -0.4 is 14.4 Å². The minimum atomic E-state index is -4.20. The molecular formula is C32H39ClN2O7S. The molecular weight excluding hydrogens is 592 g/mol. The second-order valence-electron chi connectivity index (χ2n) is 12.1. The fraction of sp³-hybridized carbons (Fsp3) is 0.531. The highest BCUT2D eigenvalue weighted by molar-refractivity contribution is 7.90. The van der Waals surface area contributed by atoms with Crippen molar-refractivity contribution in [2.45, 2.75) is 54.6 Å². The number of rotatable bonds is 3. The number of fused-ring (bicyclic) bond motifs is 4. The van der Waals surface area contributed by atoms with Gasteiger partial charge in [-0.1, -0.05) is 29.8 Å². The predicted octanol–water partition coefficient (Wildman–Crippen LogP) is 4.26. The van der Waals surface area contributed by atoms with Crippen LogP contribution in [-0.4, -0.2) is 73.7 Å². The van der Waals surface area contributed by atoms with E-state index in [1.807, 2.05) is 18.2 Å². The minimum absolute atomic E-state index is 0.0111. The Bertz CT molecular complexity index is 1500. The van der Waals surface area contributed by atoms with E-state index in [1.165, 1.54) is 24.3 Å². The number of benzene rings is 2. The number of nitrogens with zero attached hydrogens (tertiary/aromatic N) is 1. The van der Waals surface area contributed by atoms with Gasteiger partial charge in [-0.2, -0.15) is 0 Å². The first-order valence-electron chi connectivity index (χ1n) is 14.9. The summed E-state index contributed by atoms with van der Waals surface area (Å²) in [7, 11) is -1.05. The van der Waals surface area contributed by atoms with Crippen LogP contribution in [0.2, 0.25) is 5.02 Å². The zero-order valence-corrected chi connectivity index (χ0v) is 26.2. The molecule has 1 saturated carbocycles. The van der Waals surface area contributed by atoms with Gasteiger partial charge < -0.3 is 23.8 Å². The van der Waals surface area contributed by atoms with Crippen molar-refractivity contribution in [3.05, 3.63) is 64.7 Å². The molecule has 11 heteroatoms. The van der Waals surface area contributed by atoms with Crippen molar-refractivity contribution < 1.29 is 32.2 Å². The van der Waals surface area contributed by atoms with E-state index in [4.69, 9.17) is 30.5 Å². The zero-order valence-electron chi connectivity index (χ0n) is 24.6. The zero-order chi connectivity index (χ0) is 30.2. The normalized spacial score (nSPS) is 30.3. The van der Waals surface area contributed by atoms with Crippen LogP contribution in [-0.2, 0) is 40.9 Å². The molecule has 4 aliphatic rings. The maximum Gasteiger partial charge on any atom is 0.265 e. The molecule has 1 spiro atoms. The number of sulfonamides is 1. The molecule has 2 aromatic rings. The molecule has 6 rings (SSSR count). The Balaban J connectivity index is 1.43. The van der Waals surface area contributed by atoms with Crippen LogP contribution in [0.4, 0.5) is 5.69 Å². The van der Waals surface area contributed by atoms with E-state index in [9.17, 15) is 13.2 Å². The van der Waals surface area contributed by atoms with Crippen LogP contribution in [0.5, 0.6) is 5.75 Å². The quantitative estimate of drug-likeness (QED) is 0.502. The number of carbonyl (C=O) groups excluding carboxylic acids is 1. The summed E-state index contributed by atoms with van der Waals surface area (Å²) >= 11 is 6.39. The summed E-state index contributed by atoms with van der Waals surface area (Å²) in [6, 6.07) is 11.0. The van der Waals surface area contributed by atoms with Crippen molar-refractivity contribution in [3.63, 3.8) is 0 Å². The summed E-state index contributed by atoms with van der Waals surface area (Å²) in [4.78, 5) is 15.3. The first-order chi connectivity index (χ1) is 20.7. The van der Waals surface area contributed by atoms with Crippen LogP contribution in [0, 0.1) is 11.8 Å². The highest BCUT2D eigenvalue weighted by Crippen LogP contribution is 2.47. The van der Waals surface area contributed by atoms with E-state index in [0.717, 1.165) is 43.7 Å². The van der Waals surface area contributed by atoms with E-state index in [0.29, 0.717) is 36.4 Å². The van der Waals surface area contributed by atoms with Crippen LogP contribution in [0.25, 0.3) is 0 Å². The Labute approximate surface area is 258 Å². The van der Waals surface area contributed by atoms with Crippen molar-refractivity contribution in [1.82, 2.24) is 4.72 Å². The van der Waals surface area contributed by atoms with Crippen LogP contribution in [0.3, 0.4) is 0 Å². The van der Waals surface area contributed by atoms with Crippen molar-refractivity contribution in [1.29, 1.82) is 0 Å². The van der Waals surface area contributed by atoms with Gasteiger partial charge in [-0.05, 0) is 85.4 Å². The van der Waals surface area contributed by atoms with E-state index in [1.54, 1.807) is 19.2 Å². The molecule has 232 valence electrons. The Hall–Kier alpha value is -2.63. The first-order valence-corrected chi connectivity index (χ1v) is 16.8. The molecule has 5 atom stereocenters. The molecule has 0 aromatic heterocycles. The van der Waals surface area contributed by atoms with E-state index in [2.05, 4.69) is 21.8 Å². The van der Waals surface area contributed by atoms with Crippen molar-refractivity contribution in [2.24, 2.45) is 11.8 Å². The number of hydrogen-bond donors (Lipinski definition) is 1. The lowest BCUT2D eigenvalue weighted by Crippen LogP contribution is -2.49. The fourth-order valence-corrected chi connectivity index (χ4v) is 8.39. The summed E-state index contributed by atoms with van der Waals surface area (Å²) in [6.07, 6.45) is 7.62. The van der Waals surface area contributed by atoms with Gasteiger partial charge in [-0.25, -0.2) is 13.1 Å². The van der Waals surface area contributed by atoms with Crippen molar-refractivity contribution in [2.75, 3.05) is 52.0 Å². The third-order valence-electron chi connectivity index (χ3n) is 9.51. The van der Waals surface area contributed by atoms with Crippen molar-refractivity contribution in [3.8, 4) is 5.75 Å². The second kappa shape index (κ2) is 12.4. The highest BCUT2D eigenvalue weighted by atomic mass is 35.5. The minimum Gasteiger partial charge on any atom is -0.490 e. The number of hydrogen-bond acceptors (Lipinski definition) is 8. The van der Waals surface area contributed by atoms with E-state index >= 15 is 0 Å². The maximum atomic E-state index is 13.5. The SMILES string of the molecule is COC[C@@H]1OCC=C[C@@H](OC)[C@@H]2CC[C@H]2CN2C[C@@]3(CCCc4cc(Cl)ccc43)COc3ccc(cc32)S(=O)(=O)NC1=O. The maximum absolute atomic E-state index is 13.5. The number of anilines is 1. The van der Waals surface area contributed by atoms with Gasteiger partial charge in [0, 0.05) is 37.7 Å². The molecule has 2 bridgehead atoms. The molecule has 0 saturated heterocycles. The molecule has 1 amide bonds. The summed E-state index contributed by atoms with van der Waals surface area (Å²) in [6.45, 7) is 1.90. The Morgan fingerprint density at radius 1 is 1.16 bits per heavy atom. The number of amides is 1. The van der Waals surface area contributed by atoms with E-state index < -0.39 is 22.0 Å². The molecule has 0 unspecified atom stereocenters. The lowest BCUT2D eigenvalue weighted by molar-refractivity contribution is -0.133. The third kappa shape index (κ3) is 6.04. The molecule has 2 aliphatic carbocycles. The lowest BCUT2D eigenvalue weighted by Gasteiger charge is -2.46. The Morgan fingerprint density at radius 3 is 2.79 bits per heavy atom. The van der Waals surface area contributed by atoms with Crippen molar-refractivity contribution >= 4 is 33.2 Å². The highest BCUT2D eigenvalue weighted by Gasteiger charge is 2.44. The van der Waals surface area contributed by atoms with Gasteiger partial charge in [0.2, 0.25) is 0 Å². The lowest BCUT2D eigenvalue weighted by atomic mass is 9.68. The second-order valence-corrected chi connectivity index (χ2v) is 14.2. The van der Waals surface area contributed by atoms with Crippen LogP contribution in [0.15, 0.2) is 53.4 Å². The number of methoxy groups -OCH3 is 2. The van der Waals surface area contributed by atoms with Gasteiger partial charge in [0.1, 0.15) is 5.75 Å². The largest absolute Gasteiger partial charge is 0.490 e. The van der Waals surface area contributed by atoms with Gasteiger partial charge >= 0.3 is 0 Å². The van der Waals surface area contributed by atoms with Gasteiger partial charge in [0.05, 0.1) is 36.5 Å². The van der Waals surface area contributed by atoms with Gasteiger partial charge in [0.15, 0.2) is 6.10 Å². The molecule has 1 fully saturated rings. The van der Waals surface area contributed by atoms with Gasteiger partial charge in [-0.15, -0.1) is 0 Å². The summed E-state index contributed by atoms with van der Waals surface area (Å²) in [5, 5.41) is 0.727. The average Bonchev–Trinajstić information content (AvgIpc) is 3.12. The topological polar surface area (TPSA) is 103 Å². The van der Waals surface area contributed by atoms with Crippen LogP contribution in [0.1, 0.15) is 36.8 Å². The Morgan fingerprint density at radius 2 is 2.02 bits per heavy atom. The molecule has 1 N–H and O–H groups in total. The van der Waals surface area contributed by atoms with Crippen LogP contribution >= 0.6 is 11.6 Å². The third-order valence-corrected chi connectivity index (χ3v) is 11.1. The van der Waals surface area contributed by atoms with E-state index in [-0.39, 0.29) is 29.6 Å². The number of halogens is 1. The number of nitrogens with one attached hydrogen (secondary N) is 1. The molecule has 0 radical (unpaired) electrons. The standard InChI is InChI=1S/C32H39ClN2O7S/c1-39-18-30-31(36)34-43(37,38)24-9-12-29-27(16-24)35(17-22-7-10-25(22)28(40-2)6-4-14-41-30)19-32(20-42-29)13-3-5-21-15-23(33)8-11-26(21)32/h4,6,8-9,11-12,15-16,22,25,28,30H,3,5,7,10,13-14,17-20H2,1-2H3,(H,34,36)/t22-,25+,28+,30-,32-/m0/s1. The number of ether oxygens (including phenoxy) is 4. The summed E-state index contributed by atoms with van der Waals surface area (Å²) < 4.78 is 52.5. The van der Waals surface area contributed by atoms with Gasteiger partial charge in [0.25, 0.3) is 15.9 Å². The average molecular weight is 631 g/mol. The van der Waals surface area contributed by atoms with Gasteiger partial charge in [-0.3, -0.25) is 4.79 Å². The monoisotopic (exact) mass is 630 g/mol. The summed E-state index contributed by atoms with van der Waals surface area (Å²) in [5.74, 6) is 0.467. The molecule has 2 aliphatic heterocycles. The number of carbonyl (C=O) groups is 1. The summed E-state index contributed by atoms with van der Waals surface area (Å²) in [5.41, 5.74) is 2.92. The first kappa shape index (κ1) is 30.4. The smallest absolute Gasteiger partial charge is 0.265 e. The number of aryl methyl sites for hydroxylation is 1. The molecule has 43 heavy (non-hydrogen) atoms.